The summed E-state index contributed by atoms with van der Waals surface area (Å²) in [5.74, 6) is -0.981. The van der Waals surface area contributed by atoms with E-state index in [-0.39, 0.29) is 42.4 Å². The molecule has 1 aromatic heterocycles. The Morgan fingerprint density at radius 2 is 1.69 bits per heavy atom. The summed E-state index contributed by atoms with van der Waals surface area (Å²) in [5, 5.41) is 2.78. The van der Waals surface area contributed by atoms with E-state index >= 15 is 0 Å². The molecule has 0 saturated carbocycles. The highest BCUT2D eigenvalue weighted by atomic mass is 32.2. The molecule has 0 spiro atoms. The standard InChI is InChI=1S/C26H28N2O6S2/c1-4-33-26(30)24-22(14-23(35-24)19-8-6-5-7-9-19)27-25(29)20-10-12-21(13-11-20)36(31,32)28-15-17(2)34-18(3)16-28/h5-14,17-18H,4,15-16H2,1-3H3,(H,27,29)/t17-,18-/m1/s1. The number of amides is 1. The van der Waals surface area contributed by atoms with Crippen LogP contribution in [-0.2, 0) is 19.5 Å². The van der Waals surface area contributed by atoms with Gasteiger partial charge in [0.2, 0.25) is 10.0 Å². The van der Waals surface area contributed by atoms with Crippen molar-refractivity contribution in [3.8, 4) is 10.4 Å². The highest BCUT2D eigenvalue weighted by Gasteiger charge is 2.32. The number of ether oxygens (including phenoxy) is 2. The third-order valence-corrected chi connectivity index (χ3v) is 8.65. The molecule has 4 rings (SSSR count). The van der Waals surface area contributed by atoms with E-state index in [1.165, 1.54) is 39.9 Å². The summed E-state index contributed by atoms with van der Waals surface area (Å²) < 4.78 is 38.4. The average molecular weight is 529 g/mol. The first kappa shape index (κ1) is 26.0. The molecule has 3 aromatic rings. The second kappa shape index (κ2) is 10.9. The molecule has 0 aliphatic carbocycles. The van der Waals surface area contributed by atoms with Crippen LogP contribution in [0.25, 0.3) is 10.4 Å². The number of anilines is 1. The van der Waals surface area contributed by atoms with Crippen molar-refractivity contribution in [1.29, 1.82) is 0 Å². The number of thiophene rings is 1. The highest BCUT2D eigenvalue weighted by Crippen LogP contribution is 2.35. The number of hydrogen-bond donors (Lipinski definition) is 1. The van der Waals surface area contributed by atoms with Crippen LogP contribution in [0.2, 0.25) is 0 Å². The van der Waals surface area contributed by atoms with Gasteiger partial charge in [0.25, 0.3) is 5.91 Å². The molecule has 2 heterocycles. The molecule has 1 fully saturated rings. The van der Waals surface area contributed by atoms with E-state index in [2.05, 4.69) is 5.32 Å². The SMILES string of the molecule is CCOC(=O)c1sc(-c2ccccc2)cc1NC(=O)c1ccc(S(=O)(=O)N2C[C@@H](C)O[C@H](C)C2)cc1. The molecular weight excluding hydrogens is 500 g/mol. The Bertz CT molecular complexity index is 1330. The molecule has 0 unspecified atom stereocenters. The molecule has 8 nitrogen and oxygen atoms in total. The van der Waals surface area contributed by atoms with Gasteiger partial charge in [-0.15, -0.1) is 11.3 Å². The lowest BCUT2D eigenvalue weighted by Gasteiger charge is -2.34. The molecule has 1 aliphatic heterocycles. The fourth-order valence-electron chi connectivity index (χ4n) is 4.03. The van der Waals surface area contributed by atoms with Gasteiger partial charge in [0, 0.05) is 23.5 Å². The number of esters is 1. The van der Waals surface area contributed by atoms with Crippen LogP contribution in [0, 0.1) is 0 Å². The third-order valence-electron chi connectivity index (χ3n) is 5.64. The third kappa shape index (κ3) is 5.67. The zero-order chi connectivity index (χ0) is 25.9. The molecule has 36 heavy (non-hydrogen) atoms. The monoisotopic (exact) mass is 528 g/mol. The number of sulfonamides is 1. The van der Waals surface area contributed by atoms with E-state index in [4.69, 9.17) is 9.47 Å². The van der Waals surface area contributed by atoms with E-state index < -0.39 is 21.9 Å². The number of rotatable bonds is 7. The lowest BCUT2D eigenvalue weighted by atomic mass is 10.2. The molecule has 1 saturated heterocycles. The van der Waals surface area contributed by atoms with E-state index in [1.807, 2.05) is 44.2 Å². The van der Waals surface area contributed by atoms with E-state index in [1.54, 1.807) is 13.0 Å². The average Bonchev–Trinajstić information content (AvgIpc) is 3.28. The van der Waals surface area contributed by atoms with Gasteiger partial charge < -0.3 is 14.8 Å². The van der Waals surface area contributed by atoms with Gasteiger partial charge >= 0.3 is 5.97 Å². The fourth-order valence-corrected chi connectivity index (χ4v) is 6.63. The van der Waals surface area contributed by atoms with Crippen molar-refractivity contribution in [2.75, 3.05) is 25.0 Å². The molecular formula is C26H28N2O6S2. The van der Waals surface area contributed by atoms with Crippen molar-refractivity contribution < 1.29 is 27.5 Å². The van der Waals surface area contributed by atoms with Crippen molar-refractivity contribution in [3.05, 3.63) is 71.1 Å². The maximum Gasteiger partial charge on any atom is 0.350 e. The van der Waals surface area contributed by atoms with Crippen molar-refractivity contribution in [2.24, 2.45) is 0 Å². The Morgan fingerprint density at radius 1 is 1.06 bits per heavy atom. The number of carbonyl (C=O) groups excluding carboxylic acids is 2. The van der Waals surface area contributed by atoms with Gasteiger partial charge in [-0.1, -0.05) is 30.3 Å². The minimum absolute atomic E-state index is 0.106. The Balaban J connectivity index is 1.55. The van der Waals surface area contributed by atoms with Crippen LogP contribution in [-0.4, -0.2) is 56.5 Å². The van der Waals surface area contributed by atoms with E-state index in [0.29, 0.717) is 10.6 Å². The van der Waals surface area contributed by atoms with Crippen molar-refractivity contribution in [2.45, 2.75) is 37.9 Å². The quantitative estimate of drug-likeness (QED) is 0.448. The minimum Gasteiger partial charge on any atom is -0.462 e. The first-order valence-corrected chi connectivity index (χ1v) is 13.9. The zero-order valence-electron chi connectivity index (χ0n) is 20.3. The summed E-state index contributed by atoms with van der Waals surface area (Å²) in [7, 11) is -3.72. The summed E-state index contributed by atoms with van der Waals surface area (Å²) in [6.07, 6.45) is -0.401. The van der Waals surface area contributed by atoms with Crippen LogP contribution < -0.4 is 5.32 Å². The van der Waals surface area contributed by atoms with E-state index in [9.17, 15) is 18.0 Å². The Labute approximate surface area is 214 Å². The van der Waals surface area contributed by atoms with Crippen LogP contribution in [0.3, 0.4) is 0 Å². The first-order chi connectivity index (χ1) is 17.2. The van der Waals surface area contributed by atoms with Gasteiger partial charge in [0.1, 0.15) is 4.88 Å². The first-order valence-electron chi connectivity index (χ1n) is 11.6. The molecule has 2 atom stereocenters. The molecule has 2 aromatic carbocycles. The molecule has 1 amide bonds. The Kier molecular flexibility index (Phi) is 7.89. The van der Waals surface area contributed by atoms with Gasteiger partial charge in [-0.05, 0) is 56.7 Å². The van der Waals surface area contributed by atoms with E-state index in [0.717, 1.165) is 10.4 Å². The van der Waals surface area contributed by atoms with Crippen molar-refractivity contribution in [1.82, 2.24) is 4.31 Å². The van der Waals surface area contributed by atoms with Crippen LogP contribution >= 0.6 is 11.3 Å². The molecule has 0 bridgehead atoms. The van der Waals surface area contributed by atoms with Crippen LogP contribution in [0.1, 0.15) is 40.8 Å². The van der Waals surface area contributed by atoms with Crippen LogP contribution in [0.15, 0.2) is 65.6 Å². The normalized spacial score (nSPS) is 18.5. The Morgan fingerprint density at radius 3 is 2.31 bits per heavy atom. The smallest absolute Gasteiger partial charge is 0.350 e. The molecule has 0 radical (unpaired) electrons. The number of benzene rings is 2. The van der Waals surface area contributed by atoms with Gasteiger partial charge in [-0.2, -0.15) is 4.31 Å². The molecule has 1 aliphatic rings. The second-order valence-electron chi connectivity index (χ2n) is 8.50. The Hall–Kier alpha value is -3.05. The second-order valence-corrected chi connectivity index (χ2v) is 11.5. The summed E-state index contributed by atoms with van der Waals surface area (Å²) in [4.78, 5) is 26.7. The van der Waals surface area contributed by atoms with Gasteiger partial charge in [-0.3, -0.25) is 4.79 Å². The lowest BCUT2D eigenvalue weighted by molar-refractivity contribution is -0.0440. The highest BCUT2D eigenvalue weighted by molar-refractivity contribution is 7.89. The summed E-state index contributed by atoms with van der Waals surface area (Å²) in [6, 6.07) is 17.0. The topological polar surface area (TPSA) is 102 Å². The van der Waals surface area contributed by atoms with Gasteiger partial charge in [0.05, 0.1) is 29.4 Å². The maximum atomic E-state index is 13.1. The molecule has 10 heteroatoms. The number of nitrogens with zero attached hydrogens (tertiary/aromatic N) is 1. The van der Waals surface area contributed by atoms with Crippen molar-refractivity contribution in [3.63, 3.8) is 0 Å². The predicted octanol–water partition coefficient (Wildman–Crippen LogP) is 4.64. The summed E-state index contributed by atoms with van der Waals surface area (Å²) in [5.41, 5.74) is 1.52. The minimum atomic E-state index is -3.72. The van der Waals surface area contributed by atoms with Crippen LogP contribution in [0.5, 0.6) is 0 Å². The maximum absolute atomic E-state index is 13.1. The summed E-state index contributed by atoms with van der Waals surface area (Å²) in [6.45, 7) is 6.14. The van der Waals surface area contributed by atoms with Crippen LogP contribution in [0.4, 0.5) is 5.69 Å². The largest absolute Gasteiger partial charge is 0.462 e. The van der Waals surface area contributed by atoms with Gasteiger partial charge in [0.15, 0.2) is 0 Å². The molecule has 190 valence electrons. The fraction of sp³-hybridized carbons (Fsp3) is 0.308. The lowest BCUT2D eigenvalue weighted by Crippen LogP contribution is -2.48. The number of nitrogens with one attached hydrogen (secondary N) is 1. The number of morpholine rings is 1. The number of hydrogen-bond acceptors (Lipinski definition) is 7. The zero-order valence-corrected chi connectivity index (χ0v) is 21.9. The summed E-state index contributed by atoms with van der Waals surface area (Å²) >= 11 is 1.24. The predicted molar refractivity (Wildman–Crippen MR) is 139 cm³/mol. The molecule has 1 N–H and O–H groups in total. The van der Waals surface area contributed by atoms with Crippen molar-refractivity contribution >= 4 is 38.9 Å². The number of carbonyl (C=O) groups is 2. The van der Waals surface area contributed by atoms with Gasteiger partial charge in [-0.25, -0.2) is 13.2 Å².